The smallest absolute Gasteiger partial charge is 0.129 e. The molecule has 3 aromatic rings. The molecule has 5 heteroatoms. The second kappa shape index (κ2) is 6.60. The van der Waals surface area contributed by atoms with Gasteiger partial charge in [-0.15, -0.1) is 22.7 Å². The highest BCUT2D eigenvalue weighted by molar-refractivity contribution is 7.10. The summed E-state index contributed by atoms with van der Waals surface area (Å²) in [7, 11) is 0. The first-order valence-electron chi connectivity index (χ1n) is 6.68. The Morgan fingerprint density at radius 2 is 1.95 bits per heavy atom. The van der Waals surface area contributed by atoms with Crippen LogP contribution in [0.1, 0.15) is 21.5 Å². The first kappa shape index (κ1) is 14.6. The number of aryl methyl sites for hydroxylation is 1. The van der Waals surface area contributed by atoms with Crippen molar-refractivity contribution in [3.8, 4) is 0 Å². The fraction of sp³-hybridized carbons (Fsp3) is 0.188. The molecule has 0 radical (unpaired) electrons. The van der Waals surface area contributed by atoms with Crippen LogP contribution in [0.2, 0.25) is 5.15 Å². The van der Waals surface area contributed by atoms with Crippen LogP contribution < -0.4 is 5.32 Å². The van der Waals surface area contributed by atoms with Crippen LogP contribution in [-0.4, -0.2) is 4.98 Å². The molecule has 0 amide bonds. The molecule has 0 fully saturated rings. The molecule has 0 bridgehead atoms. The highest BCUT2D eigenvalue weighted by Crippen LogP contribution is 2.29. The minimum Gasteiger partial charge on any atom is -0.376 e. The third-order valence-electron chi connectivity index (χ3n) is 3.25. The molecular weight excluding hydrogens is 320 g/mol. The molecule has 0 saturated carbocycles. The number of rotatable bonds is 5. The average molecular weight is 335 g/mol. The maximum absolute atomic E-state index is 5.93. The third kappa shape index (κ3) is 3.64. The van der Waals surface area contributed by atoms with Gasteiger partial charge in [-0.05, 0) is 41.9 Å². The first-order valence-corrected chi connectivity index (χ1v) is 8.81. The Bertz CT molecular complexity index is 693. The summed E-state index contributed by atoms with van der Waals surface area (Å²) >= 11 is 9.50. The zero-order chi connectivity index (χ0) is 14.7. The normalized spacial score (nSPS) is 12.3. The van der Waals surface area contributed by atoms with Gasteiger partial charge in [0.25, 0.3) is 0 Å². The minimum absolute atomic E-state index is 0.255. The number of aromatic nitrogens is 1. The van der Waals surface area contributed by atoms with Crippen LogP contribution in [0.4, 0.5) is 5.69 Å². The molecule has 0 aromatic carbocycles. The van der Waals surface area contributed by atoms with Crippen LogP contribution in [0.15, 0.2) is 47.2 Å². The molecule has 0 spiro atoms. The summed E-state index contributed by atoms with van der Waals surface area (Å²) in [6, 6.07) is 12.6. The molecule has 3 aromatic heterocycles. The van der Waals surface area contributed by atoms with Gasteiger partial charge in [-0.3, -0.25) is 0 Å². The molecular formula is C16H15ClN2S2. The van der Waals surface area contributed by atoms with E-state index in [1.165, 1.54) is 9.75 Å². The second-order valence-electron chi connectivity index (χ2n) is 4.76. The van der Waals surface area contributed by atoms with E-state index in [0.717, 1.165) is 17.8 Å². The maximum Gasteiger partial charge on any atom is 0.129 e. The van der Waals surface area contributed by atoms with Crippen LogP contribution >= 0.6 is 34.3 Å². The molecule has 1 N–H and O–H groups in total. The van der Waals surface area contributed by atoms with Crippen LogP contribution in [0.3, 0.4) is 0 Å². The van der Waals surface area contributed by atoms with Crippen molar-refractivity contribution >= 4 is 40.0 Å². The standard InChI is InChI=1S/C16H15ClN2S2/c1-11-13(6-7-16(17)18-11)19-14(15-5-3-9-21-15)10-12-4-2-8-20-12/h2-9,14,19H,10H2,1H3. The van der Waals surface area contributed by atoms with Gasteiger partial charge in [-0.25, -0.2) is 4.98 Å². The Labute approximate surface area is 137 Å². The second-order valence-corrected chi connectivity index (χ2v) is 7.16. The number of thiophene rings is 2. The van der Waals surface area contributed by atoms with E-state index in [-0.39, 0.29) is 6.04 Å². The maximum atomic E-state index is 5.93. The van der Waals surface area contributed by atoms with Gasteiger partial charge in [0.2, 0.25) is 0 Å². The van der Waals surface area contributed by atoms with Crippen LogP contribution in [0, 0.1) is 6.92 Å². The van der Waals surface area contributed by atoms with Crippen molar-refractivity contribution in [2.45, 2.75) is 19.4 Å². The summed E-state index contributed by atoms with van der Waals surface area (Å²) in [6.07, 6.45) is 0.972. The van der Waals surface area contributed by atoms with Crippen molar-refractivity contribution in [1.82, 2.24) is 4.98 Å². The summed E-state index contributed by atoms with van der Waals surface area (Å²) < 4.78 is 0. The fourth-order valence-corrected chi connectivity index (χ4v) is 3.93. The molecule has 0 aliphatic rings. The topological polar surface area (TPSA) is 24.9 Å². The molecule has 0 saturated heterocycles. The lowest BCUT2D eigenvalue weighted by Crippen LogP contribution is -2.13. The van der Waals surface area contributed by atoms with E-state index >= 15 is 0 Å². The lowest BCUT2D eigenvalue weighted by molar-refractivity contribution is 0.799. The van der Waals surface area contributed by atoms with Gasteiger partial charge in [0.1, 0.15) is 5.15 Å². The molecule has 108 valence electrons. The Kier molecular flexibility index (Phi) is 4.58. The monoisotopic (exact) mass is 334 g/mol. The molecule has 21 heavy (non-hydrogen) atoms. The molecule has 1 unspecified atom stereocenters. The molecule has 1 atom stereocenters. The largest absolute Gasteiger partial charge is 0.376 e. The summed E-state index contributed by atoms with van der Waals surface area (Å²) in [5, 5.41) is 8.38. The SMILES string of the molecule is Cc1nc(Cl)ccc1NC(Cc1cccs1)c1cccs1. The Balaban J connectivity index is 1.85. The van der Waals surface area contributed by atoms with E-state index in [0.29, 0.717) is 5.15 Å². The zero-order valence-electron chi connectivity index (χ0n) is 11.5. The Morgan fingerprint density at radius 1 is 1.14 bits per heavy atom. The van der Waals surface area contributed by atoms with Crippen molar-refractivity contribution in [2.24, 2.45) is 0 Å². The molecule has 0 aliphatic carbocycles. The van der Waals surface area contributed by atoms with Crippen molar-refractivity contribution in [2.75, 3.05) is 5.32 Å². The molecule has 2 nitrogen and oxygen atoms in total. The van der Waals surface area contributed by atoms with Gasteiger partial charge in [-0.1, -0.05) is 23.7 Å². The van der Waals surface area contributed by atoms with Gasteiger partial charge >= 0.3 is 0 Å². The number of anilines is 1. The predicted octanol–water partition coefficient (Wildman–Crippen LogP) is 5.56. The highest BCUT2D eigenvalue weighted by atomic mass is 35.5. The number of pyridine rings is 1. The Morgan fingerprint density at radius 3 is 2.62 bits per heavy atom. The lowest BCUT2D eigenvalue weighted by atomic mass is 10.1. The highest BCUT2D eigenvalue weighted by Gasteiger charge is 2.15. The van der Waals surface area contributed by atoms with Crippen molar-refractivity contribution in [1.29, 1.82) is 0 Å². The molecule has 3 rings (SSSR count). The summed E-state index contributed by atoms with van der Waals surface area (Å²) in [6.45, 7) is 1.98. The van der Waals surface area contributed by atoms with E-state index in [1.54, 1.807) is 22.7 Å². The van der Waals surface area contributed by atoms with E-state index < -0.39 is 0 Å². The summed E-state index contributed by atoms with van der Waals surface area (Å²) in [5.41, 5.74) is 1.96. The third-order valence-corrected chi connectivity index (χ3v) is 5.35. The summed E-state index contributed by atoms with van der Waals surface area (Å²) in [4.78, 5) is 7.02. The van der Waals surface area contributed by atoms with Gasteiger partial charge in [0.15, 0.2) is 0 Å². The van der Waals surface area contributed by atoms with Crippen molar-refractivity contribution in [3.05, 3.63) is 67.8 Å². The number of hydrogen-bond acceptors (Lipinski definition) is 4. The molecule has 3 heterocycles. The van der Waals surface area contributed by atoms with Crippen LogP contribution in [0.25, 0.3) is 0 Å². The Hall–Kier alpha value is -1.36. The van der Waals surface area contributed by atoms with Crippen molar-refractivity contribution in [3.63, 3.8) is 0 Å². The van der Waals surface area contributed by atoms with Gasteiger partial charge in [0.05, 0.1) is 17.4 Å². The predicted molar refractivity (Wildman–Crippen MR) is 92.7 cm³/mol. The first-order chi connectivity index (χ1) is 10.2. The van der Waals surface area contributed by atoms with E-state index in [2.05, 4.69) is 45.3 Å². The summed E-state index contributed by atoms with van der Waals surface area (Å²) in [5.74, 6) is 0. The van der Waals surface area contributed by atoms with Crippen LogP contribution in [0.5, 0.6) is 0 Å². The number of halogens is 1. The van der Waals surface area contributed by atoms with Crippen molar-refractivity contribution < 1.29 is 0 Å². The number of nitrogens with zero attached hydrogens (tertiary/aromatic N) is 1. The average Bonchev–Trinajstić information content (AvgIpc) is 3.13. The lowest BCUT2D eigenvalue weighted by Gasteiger charge is -2.19. The van der Waals surface area contributed by atoms with Gasteiger partial charge < -0.3 is 5.32 Å². The quantitative estimate of drug-likeness (QED) is 0.617. The van der Waals surface area contributed by atoms with E-state index in [9.17, 15) is 0 Å². The number of nitrogens with one attached hydrogen (secondary N) is 1. The van der Waals surface area contributed by atoms with E-state index in [4.69, 9.17) is 11.6 Å². The van der Waals surface area contributed by atoms with Crippen LogP contribution in [-0.2, 0) is 6.42 Å². The minimum atomic E-state index is 0.255. The number of hydrogen-bond donors (Lipinski definition) is 1. The fourth-order valence-electron chi connectivity index (χ4n) is 2.21. The van der Waals surface area contributed by atoms with Gasteiger partial charge in [0, 0.05) is 16.2 Å². The zero-order valence-corrected chi connectivity index (χ0v) is 13.9. The molecule has 0 aliphatic heterocycles. The van der Waals surface area contributed by atoms with Gasteiger partial charge in [-0.2, -0.15) is 0 Å². The van der Waals surface area contributed by atoms with E-state index in [1.807, 2.05) is 19.1 Å².